The number of quaternary nitrogens is 2. The lowest BCUT2D eigenvalue weighted by Gasteiger charge is -2.32. The second-order valence-corrected chi connectivity index (χ2v) is 8.00. The average molecular weight is 404 g/mol. The summed E-state index contributed by atoms with van der Waals surface area (Å²) in [5.74, 6) is 0.616. The quantitative estimate of drug-likeness (QED) is 0.673. The van der Waals surface area contributed by atoms with E-state index in [1.807, 2.05) is 6.92 Å². The summed E-state index contributed by atoms with van der Waals surface area (Å²) >= 11 is 6.06. The largest absolute Gasteiger partial charge is 0.495 e. The number of halogens is 1. The zero-order valence-electron chi connectivity index (χ0n) is 16.8. The third-order valence-corrected chi connectivity index (χ3v) is 5.96. The number of amides is 1. The molecule has 5 nitrogen and oxygen atoms in total. The molecule has 1 aliphatic heterocycles. The summed E-state index contributed by atoms with van der Waals surface area (Å²) in [7, 11) is 1.59. The van der Waals surface area contributed by atoms with Crippen molar-refractivity contribution in [3.8, 4) is 5.75 Å². The first-order valence-electron chi connectivity index (χ1n) is 9.85. The van der Waals surface area contributed by atoms with Crippen LogP contribution in [0.3, 0.4) is 0 Å². The Labute approximate surface area is 172 Å². The van der Waals surface area contributed by atoms with Gasteiger partial charge >= 0.3 is 0 Å². The highest BCUT2D eigenvalue weighted by Crippen LogP contribution is 2.27. The molecule has 28 heavy (non-hydrogen) atoms. The molecule has 3 rings (SSSR count). The first-order valence-corrected chi connectivity index (χ1v) is 10.2. The van der Waals surface area contributed by atoms with Crippen LogP contribution in [0.15, 0.2) is 42.5 Å². The minimum atomic E-state index is -0.122. The lowest BCUT2D eigenvalue weighted by atomic mass is 10.1. The zero-order valence-corrected chi connectivity index (χ0v) is 17.6. The molecule has 0 saturated carbocycles. The van der Waals surface area contributed by atoms with Crippen molar-refractivity contribution < 1.29 is 19.3 Å². The molecule has 150 valence electrons. The average Bonchev–Trinajstić information content (AvgIpc) is 2.70. The summed E-state index contributed by atoms with van der Waals surface area (Å²) in [6, 6.07) is 13.7. The van der Waals surface area contributed by atoms with Crippen LogP contribution in [0, 0.1) is 6.92 Å². The van der Waals surface area contributed by atoms with Gasteiger partial charge in [-0.3, -0.25) is 4.79 Å². The minimum absolute atomic E-state index is 0.00193. The van der Waals surface area contributed by atoms with E-state index >= 15 is 0 Å². The van der Waals surface area contributed by atoms with Crippen molar-refractivity contribution in [1.82, 2.24) is 0 Å². The summed E-state index contributed by atoms with van der Waals surface area (Å²) in [6.07, 6.45) is 0. The Morgan fingerprint density at radius 2 is 1.89 bits per heavy atom. The number of methoxy groups -OCH3 is 1. The number of carbonyl (C=O) groups is 1. The molecule has 2 aromatic carbocycles. The SMILES string of the molecule is COc1ccc(Cl)cc1NC(=O)[C@H](C)[NH+]1CC[NH+](Cc2ccccc2C)CC1. The fourth-order valence-corrected chi connectivity index (χ4v) is 3.99. The number of carbonyl (C=O) groups excluding carboxylic acids is 1. The Morgan fingerprint density at radius 1 is 1.18 bits per heavy atom. The van der Waals surface area contributed by atoms with Gasteiger partial charge in [-0.05, 0) is 37.6 Å². The van der Waals surface area contributed by atoms with E-state index < -0.39 is 0 Å². The maximum absolute atomic E-state index is 12.8. The number of hydrogen-bond donors (Lipinski definition) is 3. The van der Waals surface area contributed by atoms with E-state index in [1.54, 1.807) is 30.2 Å². The van der Waals surface area contributed by atoms with Crippen molar-refractivity contribution in [2.24, 2.45) is 0 Å². The molecule has 2 aromatic rings. The number of nitrogens with one attached hydrogen (secondary N) is 3. The van der Waals surface area contributed by atoms with Gasteiger partial charge in [0.25, 0.3) is 5.91 Å². The Balaban J connectivity index is 1.55. The molecular weight excluding hydrogens is 374 g/mol. The molecule has 3 N–H and O–H groups in total. The number of rotatable bonds is 6. The van der Waals surface area contributed by atoms with Gasteiger partial charge in [-0.25, -0.2) is 0 Å². The number of aryl methyl sites for hydroxylation is 1. The van der Waals surface area contributed by atoms with Gasteiger partial charge in [0.15, 0.2) is 6.04 Å². The van der Waals surface area contributed by atoms with Crippen LogP contribution < -0.4 is 19.9 Å². The zero-order chi connectivity index (χ0) is 20.1. The third-order valence-electron chi connectivity index (χ3n) is 5.73. The first-order chi connectivity index (χ1) is 13.5. The van der Waals surface area contributed by atoms with Gasteiger partial charge in [-0.2, -0.15) is 0 Å². The summed E-state index contributed by atoms with van der Waals surface area (Å²) in [4.78, 5) is 15.7. The van der Waals surface area contributed by atoms with E-state index in [0.29, 0.717) is 16.5 Å². The van der Waals surface area contributed by atoms with Gasteiger partial charge in [0, 0.05) is 10.6 Å². The molecule has 1 fully saturated rings. The van der Waals surface area contributed by atoms with E-state index in [0.717, 1.165) is 32.7 Å². The second kappa shape index (κ2) is 9.41. The van der Waals surface area contributed by atoms with E-state index in [2.05, 4.69) is 36.5 Å². The van der Waals surface area contributed by atoms with Crippen molar-refractivity contribution in [3.63, 3.8) is 0 Å². The Morgan fingerprint density at radius 3 is 2.57 bits per heavy atom. The Bertz CT molecular complexity index is 819. The Kier molecular flexibility index (Phi) is 6.94. The molecule has 1 atom stereocenters. The summed E-state index contributed by atoms with van der Waals surface area (Å²) in [5.41, 5.74) is 3.39. The summed E-state index contributed by atoms with van der Waals surface area (Å²) in [6.45, 7) is 9.34. The molecular formula is C22H30ClN3O2+2. The van der Waals surface area contributed by atoms with Crippen molar-refractivity contribution in [1.29, 1.82) is 0 Å². The maximum atomic E-state index is 12.8. The smallest absolute Gasteiger partial charge is 0.282 e. The molecule has 0 aromatic heterocycles. The molecule has 1 aliphatic rings. The van der Waals surface area contributed by atoms with Crippen LogP contribution in [0.25, 0.3) is 0 Å². The van der Waals surface area contributed by atoms with E-state index in [-0.39, 0.29) is 11.9 Å². The standard InChI is InChI=1S/C22H28ClN3O2/c1-16-6-4-5-7-18(16)15-25-10-12-26(13-11-25)17(2)22(27)24-20-14-19(23)8-9-21(20)28-3/h4-9,14,17H,10-13,15H2,1-3H3,(H,24,27)/p+2/t17-/m0/s1. The molecule has 0 radical (unpaired) electrons. The van der Waals surface area contributed by atoms with Crippen LogP contribution in [-0.2, 0) is 11.3 Å². The van der Waals surface area contributed by atoms with Gasteiger partial charge in [-0.15, -0.1) is 0 Å². The van der Waals surface area contributed by atoms with Crippen LogP contribution in [0.4, 0.5) is 5.69 Å². The molecule has 0 aliphatic carbocycles. The minimum Gasteiger partial charge on any atom is -0.495 e. The fourth-order valence-electron chi connectivity index (χ4n) is 3.82. The van der Waals surface area contributed by atoms with Gasteiger partial charge < -0.3 is 19.9 Å². The predicted molar refractivity (Wildman–Crippen MR) is 112 cm³/mol. The Hall–Kier alpha value is -2.08. The molecule has 0 unspecified atom stereocenters. The van der Waals surface area contributed by atoms with Crippen LogP contribution in [0.5, 0.6) is 5.75 Å². The molecule has 1 saturated heterocycles. The monoisotopic (exact) mass is 403 g/mol. The topological polar surface area (TPSA) is 47.2 Å². The molecule has 0 bridgehead atoms. The lowest BCUT2D eigenvalue weighted by Crippen LogP contribution is -3.29. The van der Waals surface area contributed by atoms with Crippen LogP contribution in [0.1, 0.15) is 18.1 Å². The predicted octanol–water partition coefficient (Wildman–Crippen LogP) is 0.968. The maximum Gasteiger partial charge on any atom is 0.282 e. The van der Waals surface area contributed by atoms with Gasteiger partial charge in [0.1, 0.15) is 38.5 Å². The highest BCUT2D eigenvalue weighted by atomic mass is 35.5. The van der Waals surface area contributed by atoms with Crippen molar-refractivity contribution >= 4 is 23.2 Å². The van der Waals surface area contributed by atoms with Crippen LogP contribution in [0.2, 0.25) is 5.02 Å². The van der Waals surface area contributed by atoms with Crippen molar-refractivity contribution in [3.05, 3.63) is 58.6 Å². The number of benzene rings is 2. The normalized spacial score (nSPS) is 20.4. The summed E-state index contributed by atoms with van der Waals surface area (Å²) in [5, 5.41) is 3.56. The van der Waals surface area contributed by atoms with E-state index in [4.69, 9.17) is 16.3 Å². The number of anilines is 1. The number of hydrogen-bond acceptors (Lipinski definition) is 2. The fraction of sp³-hybridized carbons (Fsp3) is 0.409. The van der Waals surface area contributed by atoms with Crippen molar-refractivity contribution in [2.75, 3.05) is 38.6 Å². The number of piperazine rings is 1. The van der Waals surface area contributed by atoms with Gasteiger partial charge in [0.05, 0.1) is 12.8 Å². The second-order valence-electron chi connectivity index (χ2n) is 7.57. The van der Waals surface area contributed by atoms with E-state index in [1.165, 1.54) is 16.0 Å². The number of ether oxygens (including phenoxy) is 1. The third kappa shape index (κ3) is 5.04. The highest BCUT2D eigenvalue weighted by Gasteiger charge is 2.31. The van der Waals surface area contributed by atoms with E-state index in [9.17, 15) is 4.79 Å². The van der Waals surface area contributed by atoms with Crippen LogP contribution in [-0.4, -0.2) is 45.2 Å². The molecule has 1 heterocycles. The lowest BCUT2D eigenvalue weighted by molar-refractivity contribution is -1.02. The van der Waals surface area contributed by atoms with Gasteiger partial charge in [-0.1, -0.05) is 35.9 Å². The van der Waals surface area contributed by atoms with Crippen molar-refractivity contribution in [2.45, 2.75) is 26.4 Å². The molecule has 0 spiro atoms. The molecule has 6 heteroatoms. The summed E-state index contributed by atoms with van der Waals surface area (Å²) < 4.78 is 5.32. The van der Waals surface area contributed by atoms with Gasteiger partial charge in [0.2, 0.25) is 0 Å². The van der Waals surface area contributed by atoms with Crippen LogP contribution >= 0.6 is 11.6 Å². The first kappa shape index (κ1) is 20.6. The molecule has 1 amide bonds. The highest BCUT2D eigenvalue weighted by molar-refractivity contribution is 6.31.